The van der Waals surface area contributed by atoms with Crippen LogP contribution in [0.15, 0.2) is 36.5 Å². The monoisotopic (exact) mass is 340 g/mol. The Kier molecular flexibility index (Phi) is 5.14. The van der Waals surface area contributed by atoms with E-state index in [9.17, 15) is 4.79 Å². The predicted octanol–water partition coefficient (Wildman–Crippen LogP) is 2.36. The number of carbonyl (C=O) groups is 1. The van der Waals surface area contributed by atoms with Crippen molar-refractivity contribution in [2.75, 3.05) is 25.0 Å². The SMILES string of the molecule is CCN(CC)CCn1c(NC(=O)c2ccn(C)n2)nc2ccccc21. The summed E-state index contributed by atoms with van der Waals surface area (Å²) < 4.78 is 3.67. The van der Waals surface area contributed by atoms with Gasteiger partial charge in [-0.05, 0) is 31.3 Å². The molecule has 3 aromatic rings. The maximum atomic E-state index is 12.5. The number of anilines is 1. The summed E-state index contributed by atoms with van der Waals surface area (Å²) in [5.41, 5.74) is 2.27. The van der Waals surface area contributed by atoms with E-state index in [1.54, 1.807) is 24.0 Å². The van der Waals surface area contributed by atoms with Gasteiger partial charge in [-0.3, -0.25) is 14.8 Å². The molecule has 0 bridgehead atoms. The minimum atomic E-state index is -0.250. The zero-order valence-electron chi connectivity index (χ0n) is 14.9. The van der Waals surface area contributed by atoms with E-state index >= 15 is 0 Å². The molecule has 2 aromatic heterocycles. The summed E-state index contributed by atoms with van der Waals surface area (Å²) in [4.78, 5) is 19.4. The molecule has 0 aliphatic carbocycles. The van der Waals surface area contributed by atoms with Gasteiger partial charge in [0, 0.05) is 26.3 Å². The van der Waals surface area contributed by atoms with Crippen molar-refractivity contribution in [3.05, 3.63) is 42.2 Å². The maximum absolute atomic E-state index is 12.5. The maximum Gasteiger partial charge on any atom is 0.278 e. The average molecular weight is 340 g/mol. The Balaban J connectivity index is 1.88. The molecule has 0 saturated carbocycles. The van der Waals surface area contributed by atoms with E-state index in [0.717, 1.165) is 37.2 Å². The Morgan fingerprint density at radius 2 is 1.96 bits per heavy atom. The molecule has 0 atom stereocenters. The third-order valence-electron chi connectivity index (χ3n) is 4.36. The number of likely N-dealkylation sites (N-methyl/N-ethyl adjacent to an activating group) is 1. The lowest BCUT2D eigenvalue weighted by Crippen LogP contribution is -2.27. The number of nitrogens with zero attached hydrogens (tertiary/aromatic N) is 5. The highest BCUT2D eigenvalue weighted by atomic mass is 16.2. The summed E-state index contributed by atoms with van der Waals surface area (Å²) >= 11 is 0. The number of amides is 1. The van der Waals surface area contributed by atoms with Crippen LogP contribution in [0.4, 0.5) is 5.95 Å². The van der Waals surface area contributed by atoms with Gasteiger partial charge in [-0.1, -0.05) is 26.0 Å². The highest BCUT2D eigenvalue weighted by Crippen LogP contribution is 2.20. The fourth-order valence-electron chi connectivity index (χ4n) is 2.88. The standard InChI is InChI=1S/C18H24N6O/c1-4-23(5-2)12-13-24-16-9-7-6-8-14(16)19-18(24)20-17(25)15-10-11-22(3)21-15/h6-11H,4-5,12-13H2,1-3H3,(H,19,20,25). The van der Waals surface area contributed by atoms with E-state index in [0.29, 0.717) is 11.6 Å². The second-order valence-electron chi connectivity index (χ2n) is 5.93. The van der Waals surface area contributed by atoms with Crippen LogP contribution < -0.4 is 5.32 Å². The average Bonchev–Trinajstić information content (AvgIpc) is 3.20. The lowest BCUT2D eigenvalue weighted by Gasteiger charge is -2.19. The van der Waals surface area contributed by atoms with E-state index in [-0.39, 0.29) is 5.91 Å². The fraction of sp³-hybridized carbons (Fsp3) is 0.389. The second-order valence-corrected chi connectivity index (χ2v) is 5.93. The van der Waals surface area contributed by atoms with Crippen molar-refractivity contribution < 1.29 is 4.79 Å². The summed E-state index contributed by atoms with van der Waals surface area (Å²) in [6.07, 6.45) is 1.75. The third-order valence-corrected chi connectivity index (χ3v) is 4.36. The van der Waals surface area contributed by atoms with Gasteiger partial charge in [-0.25, -0.2) is 4.98 Å². The first-order chi connectivity index (χ1) is 12.1. The number of fused-ring (bicyclic) bond motifs is 1. The second kappa shape index (κ2) is 7.48. The van der Waals surface area contributed by atoms with Crippen molar-refractivity contribution in [2.24, 2.45) is 7.05 Å². The number of rotatable bonds is 7. The van der Waals surface area contributed by atoms with Crippen molar-refractivity contribution >= 4 is 22.9 Å². The van der Waals surface area contributed by atoms with Crippen LogP contribution in [0.2, 0.25) is 0 Å². The first-order valence-electron chi connectivity index (χ1n) is 8.61. The van der Waals surface area contributed by atoms with Crippen molar-refractivity contribution in [1.82, 2.24) is 24.2 Å². The topological polar surface area (TPSA) is 68.0 Å². The Hall–Kier alpha value is -2.67. The summed E-state index contributed by atoms with van der Waals surface area (Å²) in [7, 11) is 1.79. The van der Waals surface area contributed by atoms with Crippen LogP contribution in [0, 0.1) is 0 Å². The number of para-hydroxylation sites is 2. The van der Waals surface area contributed by atoms with Crippen molar-refractivity contribution in [1.29, 1.82) is 0 Å². The molecule has 132 valence electrons. The number of aryl methyl sites for hydroxylation is 1. The quantitative estimate of drug-likeness (QED) is 0.717. The lowest BCUT2D eigenvalue weighted by molar-refractivity contribution is 0.102. The molecule has 7 nitrogen and oxygen atoms in total. The molecule has 0 radical (unpaired) electrons. The van der Waals surface area contributed by atoms with E-state index in [1.165, 1.54) is 0 Å². The fourth-order valence-corrected chi connectivity index (χ4v) is 2.88. The van der Waals surface area contributed by atoms with E-state index < -0.39 is 0 Å². The summed E-state index contributed by atoms with van der Waals surface area (Å²) in [6, 6.07) is 9.62. The molecule has 1 amide bonds. The Morgan fingerprint density at radius 1 is 1.20 bits per heavy atom. The summed E-state index contributed by atoms with van der Waals surface area (Å²) in [5, 5.41) is 7.06. The molecule has 0 unspecified atom stereocenters. The summed E-state index contributed by atoms with van der Waals surface area (Å²) in [6.45, 7) is 7.97. The largest absolute Gasteiger partial charge is 0.309 e. The molecule has 0 saturated heterocycles. The molecule has 0 aliphatic rings. The lowest BCUT2D eigenvalue weighted by atomic mass is 10.3. The predicted molar refractivity (Wildman–Crippen MR) is 98.7 cm³/mol. The van der Waals surface area contributed by atoms with Gasteiger partial charge in [-0.2, -0.15) is 5.10 Å². The van der Waals surface area contributed by atoms with Crippen molar-refractivity contribution in [3.8, 4) is 0 Å². The van der Waals surface area contributed by atoms with Gasteiger partial charge in [0.15, 0.2) is 5.69 Å². The normalized spacial score (nSPS) is 11.4. The molecule has 1 N–H and O–H groups in total. The molecule has 0 fully saturated rings. The van der Waals surface area contributed by atoms with Crippen molar-refractivity contribution in [2.45, 2.75) is 20.4 Å². The van der Waals surface area contributed by atoms with E-state index in [4.69, 9.17) is 0 Å². The zero-order valence-corrected chi connectivity index (χ0v) is 14.9. The minimum absolute atomic E-state index is 0.250. The van der Waals surface area contributed by atoms with Gasteiger partial charge in [-0.15, -0.1) is 0 Å². The molecule has 0 spiro atoms. The van der Waals surface area contributed by atoms with Crippen LogP contribution in [0.1, 0.15) is 24.3 Å². The zero-order chi connectivity index (χ0) is 17.8. The number of nitrogens with one attached hydrogen (secondary N) is 1. The number of carbonyl (C=O) groups excluding carboxylic acids is 1. The minimum Gasteiger partial charge on any atom is -0.309 e. The van der Waals surface area contributed by atoms with Crippen LogP contribution in [0.25, 0.3) is 11.0 Å². The van der Waals surface area contributed by atoms with Gasteiger partial charge in [0.05, 0.1) is 11.0 Å². The third kappa shape index (κ3) is 3.71. The van der Waals surface area contributed by atoms with Gasteiger partial charge in [0.25, 0.3) is 5.91 Å². The smallest absolute Gasteiger partial charge is 0.278 e. The molecular weight excluding hydrogens is 316 g/mol. The Labute approximate surface area is 147 Å². The molecule has 7 heteroatoms. The van der Waals surface area contributed by atoms with Gasteiger partial charge in [0.2, 0.25) is 5.95 Å². The first-order valence-corrected chi connectivity index (χ1v) is 8.61. The number of imidazole rings is 1. The summed E-state index contributed by atoms with van der Waals surface area (Å²) in [5.74, 6) is 0.309. The molecule has 25 heavy (non-hydrogen) atoms. The molecular formula is C18H24N6O. The number of benzene rings is 1. The van der Waals surface area contributed by atoms with Crippen LogP contribution in [-0.4, -0.2) is 49.8 Å². The van der Waals surface area contributed by atoms with Gasteiger partial charge < -0.3 is 9.47 Å². The van der Waals surface area contributed by atoms with Crippen LogP contribution in [0.5, 0.6) is 0 Å². The molecule has 1 aromatic carbocycles. The molecule has 0 aliphatic heterocycles. The number of hydrogen-bond donors (Lipinski definition) is 1. The van der Waals surface area contributed by atoms with Crippen LogP contribution in [-0.2, 0) is 13.6 Å². The molecule has 2 heterocycles. The van der Waals surface area contributed by atoms with Crippen LogP contribution in [0.3, 0.4) is 0 Å². The molecule has 3 rings (SSSR count). The van der Waals surface area contributed by atoms with Crippen LogP contribution >= 0.6 is 0 Å². The van der Waals surface area contributed by atoms with Crippen molar-refractivity contribution in [3.63, 3.8) is 0 Å². The number of aromatic nitrogens is 4. The highest BCUT2D eigenvalue weighted by Gasteiger charge is 2.16. The highest BCUT2D eigenvalue weighted by molar-refractivity contribution is 6.02. The van der Waals surface area contributed by atoms with Gasteiger partial charge in [0.1, 0.15) is 0 Å². The van der Waals surface area contributed by atoms with E-state index in [2.05, 4.69) is 38.7 Å². The Bertz CT molecular complexity index is 861. The Morgan fingerprint density at radius 3 is 2.64 bits per heavy atom. The van der Waals surface area contributed by atoms with E-state index in [1.807, 2.05) is 24.3 Å². The number of hydrogen-bond acceptors (Lipinski definition) is 4. The first kappa shape index (κ1) is 17.2. The van der Waals surface area contributed by atoms with Gasteiger partial charge >= 0.3 is 0 Å².